The standard InChI is InChI=1S/C14H12ClF2NO2S/c1-9(15)11-4-2-3-5-13(11)18-21(19,20)14-7-6-10(16)8-12(14)17/h2-9,18H,1H3. The van der Waals surface area contributed by atoms with Gasteiger partial charge < -0.3 is 0 Å². The molecule has 7 heteroatoms. The van der Waals surface area contributed by atoms with Crippen LogP contribution in [-0.2, 0) is 10.0 Å². The average Bonchev–Trinajstić information content (AvgIpc) is 2.37. The third-order valence-electron chi connectivity index (χ3n) is 2.82. The summed E-state index contributed by atoms with van der Waals surface area (Å²) in [5, 5.41) is -0.429. The number of sulfonamides is 1. The molecule has 1 N–H and O–H groups in total. The lowest BCUT2D eigenvalue weighted by molar-refractivity contribution is 0.551. The number of para-hydroxylation sites is 1. The number of anilines is 1. The van der Waals surface area contributed by atoms with Crippen LogP contribution >= 0.6 is 11.6 Å². The van der Waals surface area contributed by atoms with E-state index in [1.165, 1.54) is 6.07 Å². The minimum atomic E-state index is -4.17. The zero-order valence-corrected chi connectivity index (χ0v) is 12.5. The predicted octanol–water partition coefficient (Wildman–Crippen LogP) is 4.07. The molecule has 0 aliphatic carbocycles. The highest BCUT2D eigenvalue weighted by molar-refractivity contribution is 7.92. The van der Waals surface area contributed by atoms with Crippen molar-refractivity contribution in [3.63, 3.8) is 0 Å². The Morgan fingerprint density at radius 1 is 1.14 bits per heavy atom. The van der Waals surface area contributed by atoms with Crippen molar-refractivity contribution in [1.29, 1.82) is 0 Å². The summed E-state index contributed by atoms with van der Waals surface area (Å²) in [5.74, 6) is -2.00. The molecule has 0 radical (unpaired) electrons. The minimum absolute atomic E-state index is 0.253. The highest BCUT2D eigenvalue weighted by Crippen LogP contribution is 2.29. The largest absolute Gasteiger partial charge is 0.279 e. The molecule has 0 heterocycles. The fourth-order valence-electron chi connectivity index (χ4n) is 1.83. The third kappa shape index (κ3) is 3.51. The molecule has 0 aliphatic rings. The Balaban J connectivity index is 2.43. The average molecular weight is 332 g/mol. The second-order valence-corrected chi connectivity index (χ2v) is 6.69. The highest BCUT2D eigenvalue weighted by atomic mass is 35.5. The van der Waals surface area contributed by atoms with Crippen LogP contribution in [0.2, 0.25) is 0 Å². The van der Waals surface area contributed by atoms with Crippen molar-refractivity contribution < 1.29 is 17.2 Å². The number of rotatable bonds is 4. The van der Waals surface area contributed by atoms with Crippen molar-refractivity contribution >= 4 is 27.3 Å². The first-order valence-electron chi connectivity index (χ1n) is 6.02. The van der Waals surface area contributed by atoms with E-state index in [1.807, 2.05) is 0 Å². The summed E-state index contributed by atoms with van der Waals surface area (Å²) in [6.07, 6.45) is 0. The molecule has 0 spiro atoms. The smallest absolute Gasteiger partial charge is 0.264 e. The van der Waals surface area contributed by atoms with Gasteiger partial charge in [-0.05, 0) is 30.7 Å². The summed E-state index contributed by atoms with van der Waals surface area (Å²) in [4.78, 5) is -0.624. The molecule has 0 bridgehead atoms. The summed E-state index contributed by atoms with van der Waals surface area (Å²) >= 11 is 5.98. The maximum atomic E-state index is 13.6. The number of benzene rings is 2. The van der Waals surface area contributed by atoms with Gasteiger partial charge >= 0.3 is 0 Å². The van der Waals surface area contributed by atoms with Crippen LogP contribution < -0.4 is 4.72 Å². The second kappa shape index (κ2) is 5.99. The number of hydrogen-bond donors (Lipinski definition) is 1. The van der Waals surface area contributed by atoms with Gasteiger partial charge in [-0.1, -0.05) is 18.2 Å². The normalized spacial score (nSPS) is 13.0. The quantitative estimate of drug-likeness (QED) is 0.859. The van der Waals surface area contributed by atoms with Gasteiger partial charge in [0.15, 0.2) is 0 Å². The molecule has 21 heavy (non-hydrogen) atoms. The lowest BCUT2D eigenvalue weighted by Crippen LogP contribution is -2.16. The lowest BCUT2D eigenvalue weighted by atomic mass is 10.1. The Kier molecular flexibility index (Phi) is 4.49. The fourth-order valence-corrected chi connectivity index (χ4v) is 3.17. The zero-order chi connectivity index (χ0) is 15.6. The van der Waals surface area contributed by atoms with E-state index in [9.17, 15) is 17.2 Å². The Hall–Kier alpha value is -1.66. The van der Waals surface area contributed by atoms with Crippen molar-refractivity contribution in [2.75, 3.05) is 4.72 Å². The molecule has 1 unspecified atom stereocenters. The molecule has 0 amide bonds. The molecule has 0 aliphatic heterocycles. The van der Waals surface area contributed by atoms with E-state index in [1.54, 1.807) is 25.1 Å². The van der Waals surface area contributed by atoms with Crippen LogP contribution in [0.25, 0.3) is 0 Å². The number of nitrogens with one attached hydrogen (secondary N) is 1. The van der Waals surface area contributed by atoms with E-state index < -0.39 is 31.9 Å². The summed E-state index contributed by atoms with van der Waals surface area (Å²) in [6.45, 7) is 1.69. The van der Waals surface area contributed by atoms with Gasteiger partial charge in [0.05, 0.1) is 11.1 Å². The highest BCUT2D eigenvalue weighted by Gasteiger charge is 2.21. The molecule has 2 aromatic carbocycles. The van der Waals surface area contributed by atoms with Gasteiger partial charge in [0.1, 0.15) is 16.5 Å². The van der Waals surface area contributed by atoms with Crippen LogP contribution in [0, 0.1) is 11.6 Å². The summed E-state index contributed by atoms with van der Waals surface area (Å²) < 4.78 is 53.1. The van der Waals surface area contributed by atoms with Gasteiger partial charge in [0.2, 0.25) is 0 Å². The molecule has 2 aromatic rings. The third-order valence-corrected chi connectivity index (χ3v) is 4.45. The van der Waals surface area contributed by atoms with Crippen molar-refractivity contribution in [3.05, 3.63) is 59.7 Å². The maximum Gasteiger partial charge on any atom is 0.264 e. The molecule has 0 aromatic heterocycles. The van der Waals surface area contributed by atoms with Gasteiger partial charge in [-0.15, -0.1) is 11.6 Å². The molecule has 1 atom stereocenters. The summed E-state index contributed by atoms with van der Waals surface area (Å²) in [5.41, 5.74) is 0.814. The zero-order valence-electron chi connectivity index (χ0n) is 11.0. The van der Waals surface area contributed by atoms with E-state index in [0.717, 1.165) is 12.1 Å². The number of halogens is 3. The molecule has 0 saturated carbocycles. The number of alkyl halides is 1. The fraction of sp³-hybridized carbons (Fsp3) is 0.143. The minimum Gasteiger partial charge on any atom is -0.279 e. The topological polar surface area (TPSA) is 46.2 Å². The molecule has 0 saturated heterocycles. The maximum absolute atomic E-state index is 13.6. The van der Waals surface area contributed by atoms with Gasteiger partial charge in [0, 0.05) is 6.07 Å². The molecule has 2 rings (SSSR count). The first-order valence-corrected chi connectivity index (χ1v) is 7.94. The molecule has 0 fully saturated rings. The van der Waals surface area contributed by atoms with E-state index >= 15 is 0 Å². The second-order valence-electron chi connectivity index (χ2n) is 4.38. The van der Waals surface area contributed by atoms with Gasteiger partial charge in [-0.25, -0.2) is 17.2 Å². The van der Waals surface area contributed by atoms with Gasteiger partial charge in [-0.2, -0.15) is 0 Å². The van der Waals surface area contributed by atoms with E-state index in [-0.39, 0.29) is 5.69 Å². The Bertz CT molecular complexity index is 763. The monoisotopic (exact) mass is 331 g/mol. The van der Waals surface area contributed by atoms with Gasteiger partial charge in [0.25, 0.3) is 10.0 Å². The Morgan fingerprint density at radius 3 is 2.43 bits per heavy atom. The SMILES string of the molecule is CC(Cl)c1ccccc1NS(=O)(=O)c1ccc(F)cc1F. The van der Waals surface area contributed by atoms with Crippen molar-refractivity contribution in [3.8, 4) is 0 Å². The molecular weight excluding hydrogens is 320 g/mol. The van der Waals surface area contributed by atoms with Crippen molar-refractivity contribution in [2.24, 2.45) is 0 Å². The lowest BCUT2D eigenvalue weighted by Gasteiger charge is -2.14. The Morgan fingerprint density at radius 2 is 1.81 bits per heavy atom. The molecular formula is C14H12ClF2NO2S. The molecule has 3 nitrogen and oxygen atoms in total. The Labute approximate surface area is 126 Å². The van der Waals surface area contributed by atoms with Crippen molar-refractivity contribution in [1.82, 2.24) is 0 Å². The van der Waals surface area contributed by atoms with Crippen LogP contribution in [0.5, 0.6) is 0 Å². The first kappa shape index (κ1) is 15.7. The van der Waals surface area contributed by atoms with Crippen LogP contribution in [0.15, 0.2) is 47.4 Å². The van der Waals surface area contributed by atoms with E-state index in [0.29, 0.717) is 11.6 Å². The number of hydrogen-bond acceptors (Lipinski definition) is 2. The summed E-state index contributed by atoms with van der Waals surface area (Å²) in [7, 11) is -4.17. The van der Waals surface area contributed by atoms with E-state index in [4.69, 9.17) is 11.6 Å². The van der Waals surface area contributed by atoms with E-state index in [2.05, 4.69) is 4.72 Å². The van der Waals surface area contributed by atoms with Crippen LogP contribution in [-0.4, -0.2) is 8.42 Å². The predicted molar refractivity (Wildman–Crippen MR) is 77.9 cm³/mol. The first-order chi connectivity index (χ1) is 9.81. The summed E-state index contributed by atoms with van der Waals surface area (Å²) in [6, 6.07) is 8.80. The van der Waals surface area contributed by atoms with Gasteiger partial charge in [-0.3, -0.25) is 4.72 Å². The van der Waals surface area contributed by atoms with Crippen molar-refractivity contribution in [2.45, 2.75) is 17.2 Å². The van der Waals surface area contributed by atoms with Crippen LogP contribution in [0.3, 0.4) is 0 Å². The molecule has 112 valence electrons. The van der Waals surface area contributed by atoms with Crippen LogP contribution in [0.4, 0.5) is 14.5 Å². The van der Waals surface area contributed by atoms with Crippen LogP contribution in [0.1, 0.15) is 17.9 Å².